The zero-order valence-corrected chi connectivity index (χ0v) is 11.9. The molecule has 0 aliphatic heterocycles. The van der Waals surface area contributed by atoms with Crippen LogP contribution in [0.3, 0.4) is 0 Å². The van der Waals surface area contributed by atoms with E-state index < -0.39 is 0 Å². The molecule has 1 amide bonds. The van der Waals surface area contributed by atoms with E-state index in [0.717, 1.165) is 5.69 Å². The van der Waals surface area contributed by atoms with Crippen LogP contribution in [0, 0.1) is 11.3 Å². The van der Waals surface area contributed by atoms with E-state index >= 15 is 0 Å². The van der Waals surface area contributed by atoms with Crippen LogP contribution in [-0.2, 0) is 0 Å². The number of rotatable bonds is 3. The largest absolute Gasteiger partial charge is 0.397 e. The smallest absolute Gasteiger partial charge is 0.253 e. The minimum absolute atomic E-state index is 0.0853. The number of nitriles is 1. The third kappa shape index (κ3) is 3.31. The fourth-order valence-corrected chi connectivity index (χ4v) is 1.84. The van der Waals surface area contributed by atoms with E-state index in [1.807, 2.05) is 0 Å². The first-order valence-electron chi connectivity index (χ1n) is 6.39. The van der Waals surface area contributed by atoms with Gasteiger partial charge in [-0.3, -0.25) is 4.79 Å². The van der Waals surface area contributed by atoms with Gasteiger partial charge in [-0.2, -0.15) is 5.26 Å². The Hall–Kier alpha value is -3.00. The maximum Gasteiger partial charge on any atom is 0.253 e. The summed E-state index contributed by atoms with van der Waals surface area (Å²) >= 11 is 0. The van der Waals surface area contributed by atoms with E-state index in [0.29, 0.717) is 22.5 Å². The van der Waals surface area contributed by atoms with Gasteiger partial charge in [0, 0.05) is 25.3 Å². The Morgan fingerprint density at radius 1 is 1.19 bits per heavy atom. The number of nitrogens with two attached hydrogens (primary N) is 1. The number of carbonyl (C=O) groups excluding carboxylic acids is 1. The topological polar surface area (TPSA) is 82.2 Å². The molecule has 21 heavy (non-hydrogen) atoms. The first-order chi connectivity index (χ1) is 10.0. The Bertz CT molecular complexity index is 699. The molecule has 0 unspecified atom stereocenters. The molecule has 0 heterocycles. The lowest BCUT2D eigenvalue weighted by molar-refractivity contribution is 0.0827. The van der Waals surface area contributed by atoms with Crippen molar-refractivity contribution in [3.8, 4) is 6.07 Å². The predicted octanol–water partition coefficient (Wildman–Crippen LogP) is 2.59. The van der Waals surface area contributed by atoms with E-state index in [9.17, 15) is 4.79 Å². The Labute approximate surface area is 123 Å². The number of nitrogens with zero attached hydrogens (tertiary/aromatic N) is 2. The summed E-state index contributed by atoms with van der Waals surface area (Å²) in [5.41, 5.74) is 9.09. The quantitative estimate of drug-likeness (QED) is 0.847. The van der Waals surface area contributed by atoms with Gasteiger partial charge in [0.2, 0.25) is 0 Å². The van der Waals surface area contributed by atoms with Gasteiger partial charge in [-0.15, -0.1) is 0 Å². The van der Waals surface area contributed by atoms with Crippen LogP contribution in [0.25, 0.3) is 0 Å². The fourth-order valence-electron chi connectivity index (χ4n) is 1.84. The van der Waals surface area contributed by atoms with E-state index in [1.54, 1.807) is 56.6 Å². The number of carbonyl (C=O) groups is 1. The first-order valence-corrected chi connectivity index (χ1v) is 6.39. The average Bonchev–Trinajstić information content (AvgIpc) is 2.49. The first kappa shape index (κ1) is 14.4. The van der Waals surface area contributed by atoms with Gasteiger partial charge in [-0.05, 0) is 42.5 Å². The molecule has 0 atom stereocenters. The molecule has 0 spiro atoms. The van der Waals surface area contributed by atoms with Gasteiger partial charge in [0.15, 0.2) is 0 Å². The Morgan fingerprint density at radius 2 is 1.86 bits per heavy atom. The highest BCUT2D eigenvalue weighted by Crippen LogP contribution is 2.25. The van der Waals surface area contributed by atoms with E-state index in [4.69, 9.17) is 11.0 Å². The molecular weight excluding hydrogens is 264 g/mol. The number of anilines is 3. The Morgan fingerprint density at radius 3 is 2.43 bits per heavy atom. The third-order valence-corrected chi connectivity index (χ3v) is 3.00. The summed E-state index contributed by atoms with van der Waals surface area (Å²) in [6, 6.07) is 14.2. The molecule has 106 valence electrons. The van der Waals surface area contributed by atoms with E-state index in [2.05, 4.69) is 11.4 Å². The monoisotopic (exact) mass is 280 g/mol. The van der Waals surface area contributed by atoms with Crippen molar-refractivity contribution in [3.05, 3.63) is 53.6 Å². The zero-order valence-electron chi connectivity index (χ0n) is 11.9. The number of benzene rings is 2. The lowest BCUT2D eigenvalue weighted by Crippen LogP contribution is -2.21. The van der Waals surface area contributed by atoms with Crippen molar-refractivity contribution in [2.75, 3.05) is 25.1 Å². The molecule has 2 aromatic rings. The molecule has 5 nitrogen and oxygen atoms in total. The number of nitrogens with one attached hydrogen (secondary N) is 1. The fraction of sp³-hybridized carbons (Fsp3) is 0.125. The molecule has 0 saturated carbocycles. The zero-order chi connectivity index (χ0) is 15.4. The molecule has 2 aromatic carbocycles. The SMILES string of the molecule is CN(C)C(=O)c1ccc(N)c(Nc2ccc(C#N)cc2)c1. The summed E-state index contributed by atoms with van der Waals surface area (Å²) in [7, 11) is 3.40. The Kier molecular flexibility index (Phi) is 4.10. The highest BCUT2D eigenvalue weighted by Gasteiger charge is 2.10. The molecule has 0 aliphatic carbocycles. The molecule has 0 saturated heterocycles. The van der Waals surface area contributed by atoms with Crippen LogP contribution in [0.4, 0.5) is 17.1 Å². The summed E-state index contributed by atoms with van der Waals surface area (Å²) in [6.45, 7) is 0. The highest BCUT2D eigenvalue weighted by atomic mass is 16.2. The van der Waals surface area contributed by atoms with Crippen LogP contribution >= 0.6 is 0 Å². The van der Waals surface area contributed by atoms with Gasteiger partial charge in [-0.1, -0.05) is 0 Å². The summed E-state index contributed by atoms with van der Waals surface area (Å²) in [4.78, 5) is 13.5. The third-order valence-electron chi connectivity index (χ3n) is 3.00. The Balaban J connectivity index is 2.28. The van der Waals surface area contributed by atoms with Crippen LogP contribution < -0.4 is 11.1 Å². The summed E-state index contributed by atoms with van der Waals surface area (Å²) in [5, 5.41) is 11.9. The summed E-state index contributed by atoms with van der Waals surface area (Å²) in [6.07, 6.45) is 0. The molecule has 2 rings (SSSR count). The van der Waals surface area contributed by atoms with Crippen molar-refractivity contribution in [3.63, 3.8) is 0 Å². The van der Waals surface area contributed by atoms with E-state index in [-0.39, 0.29) is 5.91 Å². The van der Waals surface area contributed by atoms with Gasteiger partial charge in [0.1, 0.15) is 0 Å². The van der Waals surface area contributed by atoms with Gasteiger partial charge in [0.05, 0.1) is 23.0 Å². The van der Waals surface area contributed by atoms with Gasteiger partial charge in [-0.25, -0.2) is 0 Å². The minimum Gasteiger partial charge on any atom is -0.397 e. The maximum atomic E-state index is 12.0. The predicted molar refractivity (Wildman–Crippen MR) is 83.3 cm³/mol. The average molecular weight is 280 g/mol. The standard InChI is InChI=1S/C16H16N4O/c1-20(2)16(21)12-5-8-14(18)15(9-12)19-13-6-3-11(10-17)4-7-13/h3-9,19H,18H2,1-2H3. The minimum atomic E-state index is -0.0853. The molecule has 0 radical (unpaired) electrons. The molecule has 0 fully saturated rings. The molecule has 0 bridgehead atoms. The summed E-state index contributed by atoms with van der Waals surface area (Å²) < 4.78 is 0. The van der Waals surface area contributed by atoms with Crippen LogP contribution in [0.15, 0.2) is 42.5 Å². The van der Waals surface area contributed by atoms with Crippen LogP contribution in [0.5, 0.6) is 0 Å². The highest BCUT2D eigenvalue weighted by molar-refractivity contribution is 5.96. The number of nitrogen functional groups attached to an aromatic ring is 1. The molecule has 5 heteroatoms. The lowest BCUT2D eigenvalue weighted by atomic mass is 10.1. The van der Waals surface area contributed by atoms with Crippen molar-refractivity contribution < 1.29 is 4.79 Å². The normalized spacial score (nSPS) is 9.76. The maximum absolute atomic E-state index is 12.0. The van der Waals surface area contributed by atoms with Crippen LogP contribution in [-0.4, -0.2) is 24.9 Å². The molecule has 3 N–H and O–H groups in total. The van der Waals surface area contributed by atoms with Gasteiger partial charge < -0.3 is 16.0 Å². The second kappa shape index (κ2) is 5.97. The molecule has 0 aromatic heterocycles. The number of amides is 1. The molecule has 0 aliphatic rings. The molecular formula is C16H16N4O. The summed E-state index contributed by atoms with van der Waals surface area (Å²) in [5.74, 6) is -0.0853. The van der Waals surface area contributed by atoms with E-state index in [1.165, 1.54) is 4.90 Å². The van der Waals surface area contributed by atoms with Gasteiger partial charge >= 0.3 is 0 Å². The second-order valence-corrected chi connectivity index (χ2v) is 4.82. The van der Waals surface area contributed by atoms with Crippen LogP contribution in [0.1, 0.15) is 15.9 Å². The van der Waals surface area contributed by atoms with Crippen molar-refractivity contribution in [1.29, 1.82) is 5.26 Å². The number of hydrogen-bond acceptors (Lipinski definition) is 4. The van der Waals surface area contributed by atoms with Crippen molar-refractivity contribution in [2.45, 2.75) is 0 Å². The van der Waals surface area contributed by atoms with Crippen LogP contribution in [0.2, 0.25) is 0 Å². The second-order valence-electron chi connectivity index (χ2n) is 4.82. The van der Waals surface area contributed by atoms with Crippen molar-refractivity contribution in [2.24, 2.45) is 0 Å². The lowest BCUT2D eigenvalue weighted by Gasteiger charge is -2.14. The number of hydrogen-bond donors (Lipinski definition) is 2. The van der Waals surface area contributed by atoms with Crippen molar-refractivity contribution in [1.82, 2.24) is 4.90 Å². The van der Waals surface area contributed by atoms with Crippen molar-refractivity contribution >= 4 is 23.0 Å². The van der Waals surface area contributed by atoms with Gasteiger partial charge in [0.25, 0.3) is 5.91 Å².